The van der Waals surface area contributed by atoms with Crippen LogP contribution in [0.4, 0.5) is 0 Å². The SMILES string of the molecule is CC(C)(C)C1(O)C=CC(CO[PH](=O)OCC2=CCC(O)(C(C)(C)C)C=C2)=CC1. The van der Waals surface area contributed by atoms with Crippen molar-refractivity contribution >= 4 is 8.25 Å². The van der Waals surface area contributed by atoms with Gasteiger partial charge in [-0.2, -0.15) is 0 Å². The summed E-state index contributed by atoms with van der Waals surface area (Å²) < 4.78 is 22.7. The van der Waals surface area contributed by atoms with E-state index in [9.17, 15) is 14.8 Å². The summed E-state index contributed by atoms with van der Waals surface area (Å²) in [6, 6.07) is 0. The molecule has 2 atom stereocenters. The molecule has 0 aromatic heterocycles. The lowest BCUT2D eigenvalue weighted by Crippen LogP contribution is -2.41. The molecule has 2 aliphatic rings. The van der Waals surface area contributed by atoms with Crippen LogP contribution in [-0.4, -0.2) is 34.6 Å². The van der Waals surface area contributed by atoms with Crippen molar-refractivity contribution in [2.45, 2.75) is 65.6 Å². The van der Waals surface area contributed by atoms with Crippen LogP contribution in [0, 0.1) is 10.8 Å². The van der Waals surface area contributed by atoms with Crippen molar-refractivity contribution in [3.63, 3.8) is 0 Å². The zero-order valence-electron chi connectivity index (χ0n) is 17.9. The maximum absolute atomic E-state index is 12.0. The minimum Gasteiger partial charge on any atom is -0.385 e. The van der Waals surface area contributed by atoms with Crippen molar-refractivity contribution in [1.29, 1.82) is 0 Å². The molecule has 2 unspecified atom stereocenters. The topological polar surface area (TPSA) is 76.0 Å². The maximum Gasteiger partial charge on any atom is 0.319 e. The highest BCUT2D eigenvalue weighted by molar-refractivity contribution is 7.33. The lowest BCUT2D eigenvalue weighted by atomic mass is 9.72. The fraction of sp³-hybridized carbons (Fsp3) is 0.636. The first-order chi connectivity index (χ1) is 12.8. The molecule has 0 heterocycles. The number of hydrogen-bond donors (Lipinski definition) is 2. The summed E-state index contributed by atoms with van der Waals surface area (Å²) >= 11 is 0. The Morgan fingerprint density at radius 2 is 1.21 bits per heavy atom. The lowest BCUT2D eigenvalue weighted by Gasteiger charge is -2.39. The maximum atomic E-state index is 12.0. The van der Waals surface area contributed by atoms with E-state index in [-0.39, 0.29) is 24.0 Å². The van der Waals surface area contributed by atoms with Crippen LogP contribution in [0.25, 0.3) is 0 Å². The summed E-state index contributed by atoms with van der Waals surface area (Å²) in [5.41, 5.74) is -0.530. The standard InChI is InChI=1S/C22H35O5P/c1-19(2,3)21(23)11-7-17(8-12-21)15-26-28(25)27-16-18-9-13-22(24,14-10-18)20(4,5)6/h7-11,13,23-24,28H,12,14-16H2,1-6H3. The minimum absolute atomic E-state index is 0.188. The van der Waals surface area contributed by atoms with E-state index in [0.29, 0.717) is 12.8 Å². The summed E-state index contributed by atoms with van der Waals surface area (Å²) in [6.45, 7) is 12.4. The van der Waals surface area contributed by atoms with Gasteiger partial charge in [-0.15, -0.1) is 0 Å². The predicted octanol–water partition coefficient (Wildman–Crippen LogP) is 4.74. The van der Waals surface area contributed by atoms with Gasteiger partial charge in [0.15, 0.2) is 0 Å². The van der Waals surface area contributed by atoms with Crippen molar-refractivity contribution in [2.75, 3.05) is 13.2 Å². The van der Waals surface area contributed by atoms with Crippen LogP contribution in [0.2, 0.25) is 0 Å². The van der Waals surface area contributed by atoms with Gasteiger partial charge in [0.05, 0.1) is 24.4 Å². The van der Waals surface area contributed by atoms with Crippen molar-refractivity contribution in [3.05, 3.63) is 47.6 Å². The third-order valence-corrected chi connectivity index (χ3v) is 6.57. The normalized spacial score (nSPS) is 29.4. The average Bonchev–Trinajstić information content (AvgIpc) is 2.59. The monoisotopic (exact) mass is 410 g/mol. The Balaban J connectivity index is 1.77. The first-order valence-corrected chi connectivity index (χ1v) is 11.0. The van der Waals surface area contributed by atoms with E-state index in [1.165, 1.54) is 0 Å². The average molecular weight is 410 g/mol. The zero-order chi connectivity index (χ0) is 21.2. The van der Waals surface area contributed by atoms with Crippen LogP contribution in [0.1, 0.15) is 54.4 Å². The van der Waals surface area contributed by atoms with Gasteiger partial charge in [0.25, 0.3) is 0 Å². The third-order valence-electron chi connectivity index (χ3n) is 5.81. The highest BCUT2D eigenvalue weighted by atomic mass is 31.1. The molecule has 0 saturated carbocycles. The molecule has 6 heteroatoms. The Labute approximate surface area is 169 Å². The molecule has 0 aromatic carbocycles. The van der Waals surface area contributed by atoms with Gasteiger partial charge in [-0.25, -0.2) is 0 Å². The molecule has 0 fully saturated rings. The second-order valence-electron chi connectivity index (χ2n) is 9.81. The van der Waals surface area contributed by atoms with Gasteiger partial charge in [-0.3, -0.25) is 4.57 Å². The Morgan fingerprint density at radius 3 is 1.46 bits per heavy atom. The smallest absolute Gasteiger partial charge is 0.319 e. The van der Waals surface area contributed by atoms with Crippen molar-refractivity contribution in [3.8, 4) is 0 Å². The summed E-state index contributed by atoms with van der Waals surface area (Å²) in [6.07, 6.45) is 12.1. The molecule has 2 aliphatic carbocycles. The van der Waals surface area contributed by atoms with Gasteiger partial charge in [-0.1, -0.05) is 78.0 Å². The fourth-order valence-electron chi connectivity index (χ4n) is 2.99. The van der Waals surface area contributed by atoms with Crippen LogP contribution in [0.3, 0.4) is 0 Å². The minimum atomic E-state index is -2.62. The summed E-state index contributed by atoms with van der Waals surface area (Å²) in [5.74, 6) is 0. The van der Waals surface area contributed by atoms with E-state index in [1.54, 1.807) is 12.2 Å². The molecule has 2 rings (SSSR count). The van der Waals surface area contributed by atoms with E-state index in [0.717, 1.165) is 11.1 Å². The van der Waals surface area contributed by atoms with E-state index in [4.69, 9.17) is 9.05 Å². The van der Waals surface area contributed by atoms with Gasteiger partial charge in [0.2, 0.25) is 0 Å². The molecule has 0 bridgehead atoms. The van der Waals surface area contributed by atoms with E-state index in [2.05, 4.69) is 0 Å². The molecular weight excluding hydrogens is 375 g/mol. The van der Waals surface area contributed by atoms with Gasteiger partial charge in [0.1, 0.15) is 0 Å². The molecule has 0 saturated heterocycles. The van der Waals surface area contributed by atoms with Crippen LogP contribution in [0.5, 0.6) is 0 Å². The van der Waals surface area contributed by atoms with Crippen LogP contribution in [0.15, 0.2) is 47.6 Å². The Morgan fingerprint density at radius 1 is 0.857 bits per heavy atom. The zero-order valence-corrected chi connectivity index (χ0v) is 18.9. The quantitative estimate of drug-likeness (QED) is 0.619. The van der Waals surface area contributed by atoms with E-state index >= 15 is 0 Å². The summed E-state index contributed by atoms with van der Waals surface area (Å²) in [5, 5.41) is 21.3. The summed E-state index contributed by atoms with van der Waals surface area (Å²) in [4.78, 5) is 0. The number of rotatable bonds is 6. The Bertz CT molecular complexity index is 660. The van der Waals surface area contributed by atoms with Crippen molar-refractivity contribution in [1.82, 2.24) is 0 Å². The van der Waals surface area contributed by atoms with Gasteiger partial charge in [-0.05, 0) is 34.8 Å². The molecule has 0 spiro atoms. The molecule has 28 heavy (non-hydrogen) atoms. The van der Waals surface area contributed by atoms with E-state index < -0.39 is 19.5 Å². The van der Waals surface area contributed by atoms with E-state index in [1.807, 2.05) is 65.8 Å². The number of aliphatic hydroxyl groups is 2. The molecule has 0 radical (unpaired) electrons. The molecule has 0 amide bonds. The lowest BCUT2D eigenvalue weighted by molar-refractivity contribution is -0.0123. The largest absolute Gasteiger partial charge is 0.385 e. The first kappa shape index (κ1) is 23.3. The van der Waals surface area contributed by atoms with Gasteiger partial charge in [0, 0.05) is 0 Å². The Kier molecular flexibility index (Phi) is 7.00. The second kappa shape index (κ2) is 8.41. The molecule has 0 aliphatic heterocycles. The first-order valence-electron chi connectivity index (χ1n) is 9.77. The number of hydrogen-bond acceptors (Lipinski definition) is 5. The van der Waals surface area contributed by atoms with Crippen molar-refractivity contribution < 1.29 is 23.8 Å². The van der Waals surface area contributed by atoms with Crippen LogP contribution in [-0.2, 0) is 13.6 Å². The molecule has 5 nitrogen and oxygen atoms in total. The highest BCUT2D eigenvalue weighted by Crippen LogP contribution is 2.39. The highest BCUT2D eigenvalue weighted by Gasteiger charge is 2.38. The van der Waals surface area contributed by atoms with Gasteiger partial charge >= 0.3 is 8.25 Å². The molecule has 2 N–H and O–H groups in total. The third kappa shape index (κ3) is 5.55. The Hall–Kier alpha value is -0.970. The fourth-order valence-corrected chi connectivity index (χ4v) is 3.64. The van der Waals surface area contributed by atoms with Crippen LogP contribution < -0.4 is 0 Å². The molecular formula is C22H35O5P. The van der Waals surface area contributed by atoms with Crippen molar-refractivity contribution in [2.24, 2.45) is 10.8 Å². The van der Waals surface area contributed by atoms with Crippen LogP contribution >= 0.6 is 8.25 Å². The molecule has 0 aromatic rings. The van der Waals surface area contributed by atoms with Gasteiger partial charge < -0.3 is 19.3 Å². The predicted molar refractivity (Wildman–Crippen MR) is 113 cm³/mol. The second-order valence-corrected chi connectivity index (χ2v) is 10.9. The molecule has 158 valence electrons. The summed E-state index contributed by atoms with van der Waals surface area (Å²) in [7, 11) is -2.62.